The molecule has 0 saturated carbocycles. The van der Waals surface area contributed by atoms with E-state index in [9.17, 15) is 0 Å². The highest BCUT2D eigenvalue weighted by Crippen LogP contribution is 2.32. The van der Waals surface area contributed by atoms with Crippen molar-refractivity contribution < 1.29 is 9.47 Å². The second-order valence-corrected chi connectivity index (χ2v) is 5.80. The van der Waals surface area contributed by atoms with E-state index in [1.807, 2.05) is 43.3 Å². The van der Waals surface area contributed by atoms with Crippen LogP contribution >= 0.6 is 23.8 Å². The normalized spacial score (nSPS) is 12.1. The van der Waals surface area contributed by atoms with E-state index in [4.69, 9.17) is 33.3 Å². The standard InChI is InChI=1S/C16H15ClN2O2S/c1-10-2-4-12(17)7-13(10)19-16(22)18-8-11-3-5-14-15(6-11)21-9-20-14/h2-7H,8-9H2,1H3,(H2,18,19,22). The van der Waals surface area contributed by atoms with Gasteiger partial charge in [-0.2, -0.15) is 0 Å². The molecule has 114 valence electrons. The molecule has 1 heterocycles. The molecule has 1 aliphatic rings. The SMILES string of the molecule is Cc1ccc(Cl)cc1NC(=S)NCc1ccc2c(c1)OCO2. The van der Waals surface area contributed by atoms with Gasteiger partial charge in [-0.1, -0.05) is 23.7 Å². The summed E-state index contributed by atoms with van der Waals surface area (Å²) in [6, 6.07) is 11.5. The number of ether oxygens (including phenoxy) is 2. The third-order valence-corrected chi connectivity index (χ3v) is 3.82. The molecule has 0 atom stereocenters. The van der Waals surface area contributed by atoms with Gasteiger partial charge in [0.2, 0.25) is 6.79 Å². The Morgan fingerprint density at radius 1 is 1.18 bits per heavy atom. The van der Waals surface area contributed by atoms with E-state index >= 15 is 0 Å². The van der Waals surface area contributed by atoms with Crippen LogP contribution in [-0.4, -0.2) is 11.9 Å². The molecule has 4 nitrogen and oxygen atoms in total. The lowest BCUT2D eigenvalue weighted by molar-refractivity contribution is 0.174. The molecule has 0 bridgehead atoms. The molecule has 0 amide bonds. The van der Waals surface area contributed by atoms with Crippen LogP contribution < -0.4 is 20.1 Å². The van der Waals surface area contributed by atoms with E-state index in [0.29, 0.717) is 16.7 Å². The highest BCUT2D eigenvalue weighted by molar-refractivity contribution is 7.80. The van der Waals surface area contributed by atoms with Crippen molar-refractivity contribution in [1.82, 2.24) is 5.32 Å². The number of aryl methyl sites for hydroxylation is 1. The fourth-order valence-electron chi connectivity index (χ4n) is 2.13. The van der Waals surface area contributed by atoms with E-state index in [1.54, 1.807) is 0 Å². The topological polar surface area (TPSA) is 42.5 Å². The van der Waals surface area contributed by atoms with Gasteiger partial charge < -0.3 is 20.1 Å². The van der Waals surface area contributed by atoms with Gasteiger partial charge in [-0.3, -0.25) is 0 Å². The summed E-state index contributed by atoms with van der Waals surface area (Å²) in [7, 11) is 0. The van der Waals surface area contributed by atoms with Gasteiger partial charge in [0, 0.05) is 17.3 Å². The zero-order valence-corrected chi connectivity index (χ0v) is 13.6. The second kappa shape index (κ2) is 6.42. The molecule has 1 aliphatic heterocycles. The number of halogens is 1. The largest absolute Gasteiger partial charge is 0.454 e. The first kappa shape index (κ1) is 14.9. The maximum atomic E-state index is 6.00. The Bertz CT molecular complexity index is 721. The van der Waals surface area contributed by atoms with Crippen molar-refractivity contribution in [3.8, 4) is 11.5 Å². The average molecular weight is 335 g/mol. The molecule has 0 spiro atoms. The summed E-state index contributed by atoms with van der Waals surface area (Å²) in [5, 5.41) is 7.54. The first-order valence-corrected chi connectivity index (χ1v) is 7.60. The minimum Gasteiger partial charge on any atom is -0.454 e. The zero-order chi connectivity index (χ0) is 15.5. The molecule has 22 heavy (non-hydrogen) atoms. The lowest BCUT2D eigenvalue weighted by atomic mass is 10.2. The van der Waals surface area contributed by atoms with Gasteiger partial charge in [-0.25, -0.2) is 0 Å². The van der Waals surface area contributed by atoms with E-state index < -0.39 is 0 Å². The Kier molecular flexibility index (Phi) is 4.36. The van der Waals surface area contributed by atoms with Crippen molar-refractivity contribution in [3.05, 3.63) is 52.5 Å². The molecule has 3 rings (SSSR count). The third kappa shape index (κ3) is 3.43. The molecule has 0 saturated heterocycles. The van der Waals surface area contributed by atoms with E-state index in [2.05, 4.69) is 10.6 Å². The van der Waals surface area contributed by atoms with Crippen LogP contribution in [0, 0.1) is 6.92 Å². The first-order valence-electron chi connectivity index (χ1n) is 6.81. The summed E-state index contributed by atoms with van der Waals surface area (Å²) >= 11 is 11.3. The smallest absolute Gasteiger partial charge is 0.231 e. The molecule has 2 N–H and O–H groups in total. The number of fused-ring (bicyclic) bond motifs is 1. The van der Waals surface area contributed by atoms with Crippen LogP contribution in [0.25, 0.3) is 0 Å². The number of hydrogen-bond donors (Lipinski definition) is 2. The summed E-state index contributed by atoms with van der Waals surface area (Å²) in [6.07, 6.45) is 0. The molecule has 0 fully saturated rings. The van der Waals surface area contributed by atoms with Gasteiger partial charge in [-0.05, 0) is 54.5 Å². The second-order valence-electron chi connectivity index (χ2n) is 4.95. The zero-order valence-electron chi connectivity index (χ0n) is 12.0. The van der Waals surface area contributed by atoms with Gasteiger partial charge in [0.15, 0.2) is 16.6 Å². The molecule has 0 unspecified atom stereocenters. The monoisotopic (exact) mass is 334 g/mol. The van der Waals surface area contributed by atoms with Crippen molar-refractivity contribution in [1.29, 1.82) is 0 Å². The van der Waals surface area contributed by atoms with Gasteiger partial charge >= 0.3 is 0 Å². The van der Waals surface area contributed by atoms with Gasteiger partial charge in [0.25, 0.3) is 0 Å². The van der Waals surface area contributed by atoms with Crippen molar-refractivity contribution in [2.45, 2.75) is 13.5 Å². The number of hydrogen-bond acceptors (Lipinski definition) is 3. The minimum absolute atomic E-state index is 0.278. The Labute approximate surface area is 139 Å². The maximum Gasteiger partial charge on any atom is 0.231 e. The summed E-state index contributed by atoms with van der Waals surface area (Å²) in [5.74, 6) is 1.54. The molecular formula is C16H15ClN2O2S. The third-order valence-electron chi connectivity index (χ3n) is 3.34. The van der Waals surface area contributed by atoms with Gasteiger partial charge in [0.1, 0.15) is 0 Å². The Morgan fingerprint density at radius 3 is 2.86 bits per heavy atom. The molecule has 0 radical (unpaired) electrons. The maximum absolute atomic E-state index is 6.00. The van der Waals surface area contributed by atoms with Crippen molar-refractivity contribution in [3.63, 3.8) is 0 Å². The highest BCUT2D eigenvalue weighted by Gasteiger charge is 2.13. The van der Waals surface area contributed by atoms with E-state index in [-0.39, 0.29) is 6.79 Å². The lowest BCUT2D eigenvalue weighted by Crippen LogP contribution is -2.28. The van der Waals surface area contributed by atoms with Crippen LogP contribution in [0.15, 0.2) is 36.4 Å². The number of rotatable bonds is 3. The van der Waals surface area contributed by atoms with Crippen LogP contribution in [0.3, 0.4) is 0 Å². The Hall–Kier alpha value is -1.98. The van der Waals surface area contributed by atoms with Crippen LogP contribution in [0.2, 0.25) is 5.02 Å². The summed E-state index contributed by atoms with van der Waals surface area (Å²) < 4.78 is 10.6. The van der Waals surface area contributed by atoms with Crippen molar-refractivity contribution >= 4 is 34.6 Å². The van der Waals surface area contributed by atoms with Crippen LogP contribution in [0.1, 0.15) is 11.1 Å². The van der Waals surface area contributed by atoms with Crippen molar-refractivity contribution in [2.75, 3.05) is 12.1 Å². The summed E-state index contributed by atoms with van der Waals surface area (Å²) in [5.41, 5.74) is 3.04. The molecule has 2 aromatic carbocycles. The molecule has 0 aromatic heterocycles. The number of benzene rings is 2. The number of thiocarbonyl (C=S) groups is 1. The minimum atomic E-state index is 0.278. The highest BCUT2D eigenvalue weighted by atomic mass is 35.5. The fraction of sp³-hybridized carbons (Fsp3) is 0.188. The summed E-state index contributed by atoms with van der Waals surface area (Å²) in [4.78, 5) is 0. The quantitative estimate of drug-likeness (QED) is 0.834. The number of anilines is 1. The van der Waals surface area contributed by atoms with E-state index in [1.165, 1.54) is 0 Å². The predicted octanol–water partition coefficient (Wildman–Crippen LogP) is 3.86. The number of nitrogens with one attached hydrogen (secondary N) is 2. The molecular weight excluding hydrogens is 320 g/mol. The van der Waals surface area contributed by atoms with Crippen LogP contribution in [0.5, 0.6) is 11.5 Å². The first-order chi connectivity index (χ1) is 10.6. The molecule has 6 heteroatoms. The fourth-order valence-corrected chi connectivity index (χ4v) is 2.48. The van der Waals surface area contributed by atoms with Crippen LogP contribution in [-0.2, 0) is 6.54 Å². The van der Waals surface area contributed by atoms with Gasteiger partial charge in [0.05, 0.1) is 0 Å². The predicted molar refractivity (Wildman–Crippen MR) is 91.8 cm³/mol. The molecule has 2 aromatic rings. The average Bonchev–Trinajstić information content (AvgIpc) is 2.96. The van der Waals surface area contributed by atoms with Crippen molar-refractivity contribution in [2.24, 2.45) is 0 Å². The molecule has 0 aliphatic carbocycles. The van der Waals surface area contributed by atoms with E-state index in [0.717, 1.165) is 28.3 Å². The van der Waals surface area contributed by atoms with Crippen LogP contribution in [0.4, 0.5) is 5.69 Å². The summed E-state index contributed by atoms with van der Waals surface area (Å²) in [6.45, 7) is 2.88. The lowest BCUT2D eigenvalue weighted by Gasteiger charge is -2.13. The Balaban J connectivity index is 1.59. The van der Waals surface area contributed by atoms with Gasteiger partial charge in [-0.15, -0.1) is 0 Å². The Morgan fingerprint density at radius 2 is 2.00 bits per heavy atom.